The highest BCUT2D eigenvalue weighted by atomic mass is 32.2. The first kappa shape index (κ1) is 17.9. The van der Waals surface area contributed by atoms with Crippen LogP contribution in [0, 0.1) is 0 Å². The average Bonchev–Trinajstić information content (AvgIpc) is 3.54. The molecular weight excluding hydrogens is 386 g/mol. The third-order valence-electron chi connectivity index (χ3n) is 4.95. The second-order valence-corrected chi connectivity index (χ2v) is 7.83. The Hall–Kier alpha value is -3.19. The molecule has 1 aliphatic rings. The van der Waals surface area contributed by atoms with Crippen LogP contribution in [0.2, 0.25) is 0 Å². The van der Waals surface area contributed by atoms with Gasteiger partial charge in [-0.05, 0) is 42.3 Å². The SMILES string of the molecule is O=C(CCSc1nc(-c2ccco2)c(-c2ccco2)[nH]1)N1CCc2ccccc21. The number of aromatic amines is 1. The zero-order valence-corrected chi connectivity index (χ0v) is 16.4. The molecule has 0 fully saturated rings. The summed E-state index contributed by atoms with van der Waals surface area (Å²) in [6.07, 6.45) is 4.62. The van der Waals surface area contributed by atoms with E-state index in [0.29, 0.717) is 29.4 Å². The van der Waals surface area contributed by atoms with E-state index < -0.39 is 0 Å². The fourth-order valence-corrected chi connectivity index (χ4v) is 4.38. The minimum Gasteiger partial charge on any atom is -0.463 e. The number of anilines is 1. The molecule has 1 N–H and O–H groups in total. The van der Waals surface area contributed by atoms with Crippen LogP contribution in [0.1, 0.15) is 12.0 Å². The third-order valence-corrected chi connectivity index (χ3v) is 5.82. The summed E-state index contributed by atoms with van der Waals surface area (Å²) in [7, 11) is 0. The topological polar surface area (TPSA) is 75.3 Å². The molecule has 0 radical (unpaired) electrons. The van der Waals surface area contributed by atoms with Crippen molar-refractivity contribution < 1.29 is 13.6 Å². The van der Waals surface area contributed by atoms with Gasteiger partial charge in [-0.1, -0.05) is 30.0 Å². The zero-order valence-electron chi connectivity index (χ0n) is 15.6. The monoisotopic (exact) mass is 405 g/mol. The summed E-state index contributed by atoms with van der Waals surface area (Å²) in [4.78, 5) is 22.6. The van der Waals surface area contributed by atoms with Gasteiger partial charge in [0.2, 0.25) is 5.91 Å². The number of furan rings is 2. The van der Waals surface area contributed by atoms with Crippen LogP contribution in [0.5, 0.6) is 0 Å². The molecule has 1 aromatic carbocycles. The predicted octanol–water partition coefficient (Wildman–Crippen LogP) is 5.00. The van der Waals surface area contributed by atoms with Crippen molar-refractivity contribution in [3.63, 3.8) is 0 Å². The summed E-state index contributed by atoms with van der Waals surface area (Å²) in [5.41, 5.74) is 3.76. The third kappa shape index (κ3) is 3.49. The molecule has 3 aromatic heterocycles. The Bertz CT molecular complexity index is 1060. The van der Waals surface area contributed by atoms with Crippen molar-refractivity contribution in [3.05, 3.63) is 66.6 Å². The number of benzene rings is 1. The summed E-state index contributed by atoms with van der Waals surface area (Å²) >= 11 is 1.52. The number of hydrogen-bond donors (Lipinski definition) is 1. The number of hydrogen-bond acceptors (Lipinski definition) is 5. The van der Waals surface area contributed by atoms with E-state index in [9.17, 15) is 4.79 Å². The van der Waals surface area contributed by atoms with Crippen molar-refractivity contribution in [1.82, 2.24) is 9.97 Å². The van der Waals surface area contributed by atoms with Gasteiger partial charge in [-0.3, -0.25) is 4.79 Å². The van der Waals surface area contributed by atoms with E-state index in [2.05, 4.69) is 16.0 Å². The van der Waals surface area contributed by atoms with Crippen molar-refractivity contribution in [2.45, 2.75) is 18.0 Å². The van der Waals surface area contributed by atoms with Crippen LogP contribution in [0.3, 0.4) is 0 Å². The quantitative estimate of drug-likeness (QED) is 0.457. The van der Waals surface area contributed by atoms with Gasteiger partial charge in [-0.15, -0.1) is 0 Å². The molecule has 4 heterocycles. The second-order valence-electron chi connectivity index (χ2n) is 6.74. The molecule has 1 amide bonds. The Morgan fingerprint density at radius 3 is 2.66 bits per heavy atom. The van der Waals surface area contributed by atoms with Crippen LogP contribution < -0.4 is 4.90 Å². The molecule has 0 saturated heterocycles. The van der Waals surface area contributed by atoms with Crippen LogP contribution in [-0.4, -0.2) is 28.2 Å². The van der Waals surface area contributed by atoms with E-state index >= 15 is 0 Å². The Labute approximate surface area is 171 Å². The number of aromatic nitrogens is 2. The molecule has 4 aromatic rings. The van der Waals surface area contributed by atoms with Crippen LogP contribution in [0.4, 0.5) is 5.69 Å². The first-order valence-corrected chi connectivity index (χ1v) is 10.5. The van der Waals surface area contributed by atoms with E-state index in [1.165, 1.54) is 17.3 Å². The van der Waals surface area contributed by atoms with Gasteiger partial charge in [0, 0.05) is 24.4 Å². The second kappa shape index (κ2) is 7.67. The van der Waals surface area contributed by atoms with Crippen LogP contribution in [0.25, 0.3) is 22.9 Å². The number of nitrogens with zero attached hydrogens (tertiary/aromatic N) is 2. The maximum absolute atomic E-state index is 12.7. The van der Waals surface area contributed by atoms with Gasteiger partial charge in [0.15, 0.2) is 16.7 Å². The molecule has 0 atom stereocenters. The van der Waals surface area contributed by atoms with Crippen LogP contribution in [-0.2, 0) is 11.2 Å². The van der Waals surface area contributed by atoms with E-state index in [-0.39, 0.29) is 5.91 Å². The smallest absolute Gasteiger partial charge is 0.227 e. The van der Waals surface area contributed by atoms with E-state index in [0.717, 1.165) is 29.5 Å². The Balaban J connectivity index is 1.28. The number of rotatable bonds is 6. The lowest BCUT2D eigenvalue weighted by Gasteiger charge is -2.16. The first-order valence-electron chi connectivity index (χ1n) is 9.48. The number of amides is 1. The molecule has 0 spiro atoms. The minimum atomic E-state index is 0.145. The van der Waals surface area contributed by atoms with Crippen molar-refractivity contribution in [3.8, 4) is 22.9 Å². The molecule has 29 heavy (non-hydrogen) atoms. The van der Waals surface area contributed by atoms with Crippen molar-refractivity contribution in [2.75, 3.05) is 17.2 Å². The number of carbonyl (C=O) groups excluding carboxylic acids is 1. The Morgan fingerprint density at radius 1 is 1.07 bits per heavy atom. The van der Waals surface area contributed by atoms with Crippen LogP contribution in [0.15, 0.2) is 75.0 Å². The number of nitrogens with one attached hydrogen (secondary N) is 1. The van der Waals surface area contributed by atoms with Gasteiger partial charge >= 0.3 is 0 Å². The summed E-state index contributed by atoms with van der Waals surface area (Å²) in [6.45, 7) is 0.759. The maximum Gasteiger partial charge on any atom is 0.227 e. The van der Waals surface area contributed by atoms with E-state index in [1.807, 2.05) is 47.4 Å². The molecule has 0 bridgehead atoms. The van der Waals surface area contributed by atoms with Crippen LogP contribution >= 0.6 is 11.8 Å². The fourth-order valence-electron chi connectivity index (χ4n) is 3.58. The number of carbonyl (C=O) groups is 1. The molecular formula is C22H19N3O3S. The highest BCUT2D eigenvalue weighted by molar-refractivity contribution is 7.99. The summed E-state index contributed by atoms with van der Waals surface area (Å²) < 4.78 is 11.1. The van der Waals surface area contributed by atoms with Gasteiger partial charge in [0.05, 0.1) is 12.5 Å². The first-order chi connectivity index (χ1) is 14.3. The van der Waals surface area contributed by atoms with Crippen molar-refractivity contribution in [2.24, 2.45) is 0 Å². The fraction of sp³-hybridized carbons (Fsp3) is 0.182. The number of imidazole rings is 1. The van der Waals surface area contributed by atoms with Crippen molar-refractivity contribution in [1.29, 1.82) is 0 Å². The average molecular weight is 405 g/mol. The highest BCUT2D eigenvalue weighted by Crippen LogP contribution is 2.34. The normalized spacial score (nSPS) is 13.0. The molecule has 6 nitrogen and oxygen atoms in total. The summed E-state index contributed by atoms with van der Waals surface area (Å²) in [5.74, 6) is 2.15. The number of H-pyrrole nitrogens is 1. The van der Waals surface area contributed by atoms with Gasteiger partial charge in [-0.2, -0.15) is 0 Å². The molecule has 1 aliphatic heterocycles. The number of para-hydroxylation sites is 1. The minimum absolute atomic E-state index is 0.145. The van der Waals surface area contributed by atoms with E-state index in [1.54, 1.807) is 12.5 Å². The standard InChI is InChI=1S/C22H19N3O3S/c26-19(25-11-9-15-5-1-2-6-16(15)25)10-14-29-22-23-20(17-7-3-12-27-17)21(24-22)18-8-4-13-28-18/h1-8,12-13H,9-11,14H2,(H,23,24). The molecule has 0 aliphatic carbocycles. The lowest BCUT2D eigenvalue weighted by Crippen LogP contribution is -2.29. The number of fused-ring (bicyclic) bond motifs is 1. The van der Waals surface area contributed by atoms with Gasteiger partial charge in [0.1, 0.15) is 11.4 Å². The molecule has 7 heteroatoms. The number of thioether (sulfide) groups is 1. The van der Waals surface area contributed by atoms with Gasteiger partial charge in [-0.25, -0.2) is 4.98 Å². The lowest BCUT2D eigenvalue weighted by molar-refractivity contribution is -0.118. The maximum atomic E-state index is 12.7. The Kier molecular flexibility index (Phi) is 4.73. The van der Waals surface area contributed by atoms with E-state index in [4.69, 9.17) is 8.83 Å². The summed E-state index contributed by atoms with van der Waals surface area (Å²) in [5, 5.41) is 0.734. The molecule has 0 unspecified atom stereocenters. The Morgan fingerprint density at radius 2 is 1.86 bits per heavy atom. The molecule has 5 rings (SSSR count). The van der Waals surface area contributed by atoms with Crippen molar-refractivity contribution >= 4 is 23.4 Å². The molecule has 146 valence electrons. The molecule has 0 saturated carbocycles. The largest absolute Gasteiger partial charge is 0.463 e. The predicted molar refractivity (Wildman–Crippen MR) is 112 cm³/mol. The zero-order chi connectivity index (χ0) is 19.6. The van der Waals surface area contributed by atoms with Gasteiger partial charge < -0.3 is 18.7 Å². The lowest BCUT2D eigenvalue weighted by atomic mass is 10.2. The van der Waals surface area contributed by atoms with Gasteiger partial charge in [0.25, 0.3) is 0 Å². The highest BCUT2D eigenvalue weighted by Gasteiger charge is 2.24. The summed E-state index contributed by atoms with van der Waals surface area (Å²) in [6, 6.07) is 15.5.